The van der Waals surface area contributed by atoms with Gasteiger partial charge in [-0.05, 0) is 71.6 Å². The summed E-state index contributed by atoms with van der Waals surface area (Å²) in [6.45, 7) is 6.11. The molecule has 138 valence electrons. The molecule has 3 aliphatic carbocycles. The highest BCUT2D eigenvalue weighted by atomic mass is 16.5. The molecule has 26 heavy (non-hydrogen) atoms. The quantitative estimate of drug-likeness (QED) is 0.711. The molecule has 0 fully saturated rings. The van der Waals surface area contributed by atoms with E-state index in [9.17, 15) is 4.79 Å². The van der Waals surface area contributed by atoms with Crippen LogP contribution in [0.25, 0.3) is 5.57 Å². The number of methoxy groups -OCH3 is 1. The number of carbonyl (C=O) groups is 1. The average molecular weight is 352 g/mol. The van der Waals surface area contributed by atoms with Gasteiger partial charge in [-0.3, -0.25) is 4.79 Å². The first-order valence-electron chi connectivity index (χ1n) is 9.78. The number of esters is 1. The topological polar surface area (TPSA) is 35.5 Å². The molecule has 0 radical (unpaired) electrons. The van der Waals surface area contributed by atoms with Crippen molar-refractivity contribution in [3.8, 4) is 5.75 Å². The molecule has 1 aromatic carbocycles. The van der Waals surface area contributed by atoms with Gasteiger partial charge in [-0.2, -0.15) is 0 Å². The van der Waals surface area contributed by atoms with E-state index in [4.69, 9.17) is 9.47 Å². The Hall–Kier alpha value is -2.03. The molecule has 0 N–H and O–H groups in total. The van der Waals surface area contributed by atoms with E-state index in [0.717, 1.165) is 37.9 Å². The fourth-order valence-corrected chi connectivity index (χ4v) is 5.54. The Morgan fingerprint density at radius 3 is 2.85 bits per heavy atom. The second kappa shape index (κ2) is 6.29. The summed E-state index contributed by atoms with van der Waals surface area (Å²) in [5.74, 6) is 1.26. The lowest BCUT2D eigenvalue weighted by Crippen LogP contribution is -2.39. The summed E-state index contributed by atoms with van der Waals surface area (Å²) >= 11 is 0. The molecule has 3 heteroatoms. The fourth-order valence-electron chi connectivity index (χ4n) is 5.54. The van der Waals surface area contributed by atoms with Gasteiger partial charge < -0.3 is 9.47 Å². The lowest BCUT2D eigenvalue weighted by atomic mass is 9.61. The molecule has 0 saturated heterocycles. The van der Waals surface area contributed by atoms with E-state index in [1.54, 1.807) is 7.11 Å². The van der Waals surface area contributed by atoms with E-state index in [0.29, 0.717) is 5.92 Å². The minimum Gasteiger partial charge on any atom is -0.497 e. The average Bonchev–Trinajstić information content (AvgIpc) is 2.99. The molecular weight excluding hydrogens is 324 g/mol. The molecule has 3 nitrogen and oxygen atoms in total. The molecule has 4 rings (SSSR count). The summed E-state index contributed by atoms with van der Waals surface area (Å²) < 4.78 is 11.2. The van der Waals surface area contributed by atoms with Crippen molar-refractivity contribution in [2.75, 3.05) is 7.11 Å². The number of fused-ring (bicyclic) bond motifs is 4. The van der Waals surface area contributed by atoms with Crippen molar-refractivity contribution in [2.45, 2.75) is 59.0 Å². The van der Waals surface area contributed by atoms with Gasteiger partial charge in [0.05, 0.1) is 7.11 Å². The van der Waals surface area contributed by atoms with Gasteiger partial charge in [-0.25, -0.2) is 0 Å². The van der Waals surface area contributed by atoms with E-state index in [1.165, 1.54) is 34.8 Å². The zero-order valence-electron chi connectivity index (χ0n) is 16.2. The highest BCUT2D eigenvalue weighted by Gasteiger charge is 2.50. The van der Waals surface area contributed by atoms with Crippen molar-refractivity contribution in [2.24, 2.45) is 11.3 Å². The molecular formula is C23H28O3. The maximum atomic E-state index is 11.6. The Bertz CT molecular complexity index is 817. The Balaban J connectivity index is 1.80. The van der Waals surface area contributed by atoms with Gasteiger partial charge in [-0.1, -0.05) is 26.0 Å². The number of hydrogen-bond donors (Lipinski definition) is 0. The molecule has 0 spiro atoms. The molecule has 0 heterocycles. The van der Waals surface area contributed by atoms with E-state index < -0.39 is 0 Å². The first kappa shape index (κ1) is 17.4. The van der Waals surface area contributed by atoms with E-state index in [2.05, 4.69) is 38.1 Å². The molecule has 3 atom stereocenters. The lowest BCUT2D eigenvalue weighted by molar-refractivity contribution is -0.151. The van der Waals surface area contributed by atoms with Crippen LogP contribution in [0.5, 0.6) is 5.75 Å². The predicted molar refractivity (Wildman–Crippen MR) is 103 cm³/mol. The second-order valence-electron chi connectivity index (χ2n) is 7.98. The van der Waals surface area contributed by atoms with Gasteiger partial charge in [0.2, 0.25) is 0 Å². The largest absolute Gasteiger partial charge is 0.497 e. The lowest BCUT2D eigenvalue weighted by Gasteiger charge is -2.45. The number of carbonyl (C=O) groups excluding carboxylic acids is 1. The molecule has 0 aliphatic heterocycles. The smallest absolute Gasteiger partial charge is 0.302 e. The molecule has 3 aliphatic rings. The summed E-state index contributed by atoms with van der Waals surface area (Å²) in [7, 11) is 1.73. The summed E-state index contributed by atoms with van der Waals surface area (Å²) in [5, 5.41) is 0. The van der Waals surface area contributed by atoms with Gasteiger partial charge in [-0.15, -0.1) is 0 Å². The van der Waals surface area contributed by atoms with Crippen LogP contribution in [0.4, 0.5) is 0 Å². The fraction of sp³-hybridized carbons (Fsp3) is 0.522. The highest BCUT2D eigenvalue weighted by Crippen LogP contribution is 2.59. The first-order valence-corrected chi connectivity index (χ1v) is 9.78. The molecule has 0 aromatic heterocycles. The van der Waals surface area contributed by atoms with Gasteiger partial charge in [0.25, 0.3) is 0 Å². The summed E-state index contributed by atoms with van der Waals surface area (Å²) in [4.78, 5) is 11.6. The van der Waals surface area contributed by atoms with E-state index in [-0.39, 0.29) is 17.5 Å². The number of hydrogen-bond acceptors (Lipinski definition) is 3. The monoisotopic (exact) mass is 352 g/mol. The highest BCUT2D eigenvalue weighted by molar-refractivity contribution is 5.80. The predicted octanol–water partition coefficient (Wildman–Crippen LogP) is 5.09. The minimum atomic E-state index is -0.161. The van der Waals surface area contributed by atoms with Gasteiger partial charge in [0.15, 0.2) is 0 Å². The van der Waals surface area contributed by atoms with Crippen LogP contribution in [-0.4, -0.2) is 19.2 Å². The first-order chi connectivity index (χ1) is 12.5. The Kier molecular flexibility index (Phi) is 4.21. The third kappa shape index (κ3) is 2.44. The van der Waals surface area contributed by atoms with Crippen LogP contribution >= 0.6 is 0 Å². The minimum absolute atomic E-state index is 0.00138. The molecule has 1 aromatic rings. The Morgan fingerprint density at radius 2 is 2.15 bits per heavy atom. The van der Waals surface area contributed by atoms with Crippen LogP contribution in [0.3, 0.4) is 0 Å². The van der Waals surface area contributed by atoms with Crippen molar-refractivity contribution in [1.29, 1.82) is 0 Å². The zero-order valence-corrected chi connectivity index (χ0v) is 16.2. The van der Waals surface area contributed by atoms with E-state index in [1.807, 2.05) is 0 Å². The van der Waals surface area contributed by atoms with Gasteiger partial charge in [0, 0.05) is 18.8 Å². The zero-order chi connectivity index (χ0) is 18.5. The third-order valence-electron chi connectivity index (χ3n) is 6.72. The van der Waals surface area contributed by atoms with Crippen molar-refractivity contribution in [3.63, 3.8) is 0 Å². The molecule has 0 unspecified atom stereocenters. The van der Waals surface area contributed by atoms with Crippen LogP contribution in [0.15, 0.2) is 35.4 Å². The molecule has 0 amide bonds. The summed E-state index contributed by atoms with van der Waals surface area (Å²) in [6.07, 6.45) is 7.39. The van der Waals surface area contributed by atoms with Gasteiger partial charge >= 0.3 is 5.97 Å². The van der Waals surface area contributed by atoms with Crippen LogP contribution in [0.2, 0.25) is 0 Å². The molecule has 0 saturated carbocycles. The van der Waals surface area contributed by atoms with Crippen molar-refractivity contribution < 1.29 is 14.3 Å². The van der Waals surface area contributed by atoms with Crippen molar-refractivity contribution in [1.82, 2.24) is 0 Å². The number of rotatable bonds is 3. The summed E-state index contributed by atoms with van der Waals surface area (Å²) in [5.41, 5.74) is 7.27. The van der Waals surface area contributed by atoms with E-state index >= 15 is 0 Å². The Labute approximate surface area is 156 Å². The van der Waals surface area contributed by atoms with Crippen LogP contribution < -0.4 is 4.74 Å². The molecule has 0 bridgehead atoms. The maximum Gasteiger partial charge on any atom is 0.302 e. The van der Waals surface area contributed by atoms with Crippen LogP contribution in [0, 0.1) is 11.3 Å². The number of ether oxygens (including phenoxy) is 2. The standard InChI is InChI=1S/C23H28O3/c1-5-23-11-10-19-18-7-6-17(25-4)13-16(18)12-14(2)22(19)20(23)8-9-21(23)26-15(3)24/h6-8,13-14,21H,5,9-12H2,1-4H3/t14-,21+,23-/m0/s1. The van der Waals surface area contributed by atoms with Gasteiger partial charge in [0.1, 0.15) is 11.9 Å². The van der Waals surface area contributed by atoms with Crippen LogP contribution in [-0.2, 0) is 16.0 Å². The third-order valence-corrected chi connectivity index (χ3v) is 6.72. The number of allylic oxidation sites excluding steroid dienone is 2. The van der Waals surface area contributed by atoms with Crippen LogP contribution in [0.1, 0.15) is 57.6 Å². The normalized spacial score (nSPS) is 29.5. The van der Waals surface area contributed by atoms with Crippen molar-refractivity contribution in [3.05, 3.63) is 46.5 Å². The van der Waals surface area contributed by atoms with Crippen molar-refractivity contribution >= 4 is 11.5 Å². The Morgan fingerprint density at radius 1 is 1.35 bits per heavy atom. The SMILES string of the molecule is CC[C@]12CCC3=C(C1=CC[C@H]2OC(C)=O)[C@@H](C)Cc1cc(OC)ccc13. The summed E-state index contributed by atoms with van der Waals surface area (Å²) in [6, 6.07) is 6.50. The maximum absolute atomic E-state index is 11.6. The second-order valence-corrected chi connectivity index (χ2v) is 7.98. The number of benzene rings is 1.